The van der Waals surface area contributed by atoms with Gasteiger partial charge in [-0.3, -0.25) is 9.69 Å². The van der Waals surface area contributed by atoms with Crippen molar-refractivity contribution < 1.29 is 23.1 Å². The summed E-state index contributed by atoms with van der Waals surface area (Å²) in [6.07, 6.45) is -3.32. The second-order valence-electron chi connectivity index (χ2n) is 5.33. The van der Waals surface area contributed by atoms with Crippen LogP contribution in [0.1, 0.15) is 30.5 Å². The van der Waals surface area contributed by atoms with Gasteiger partial charge in [-0.25, -0.2) is 4.98 Å². The average Bonchev–Trinajstić information content (AvgIpc) is 2.97. The minimum atomic E-state index is -4.73. The number of rotatable bonds is 5. The van der Waals surface area contributed by atoms with Gasteiger partial charge in [0.25, 0.3) is 0 Å². The third kappa shape index (κ3) is 3.21. The van der Waals surface area contributed by atoms with Crippen molar-refractivity contribution in [2.24, 2.45) is 5.41 Å². The molecule has 2 heterocycles. The second-order valence-corrected chi connectivity index (χ2v) is 6.27. The lowest BCUT2D eigenvalue weighted by atomic mass is 9.86. The van der Waals surface area contributed by atoms with Gasteiger partial charge in [-0.1, -0.05) is 6.92 Å². The third-order valence-electron chi connectivity index (χ3n) is 3.75. The second kappa shape index (κ2) is 5.92. The summed E-state index contributed by atoms with van der Waals surface area (Å²) in [5.74, 6) is -1.79. The zero-order chi connectivity index (χ0) is 15.7. The molecule has 1 aromatic rings. The minimum absolute atomic E-state index is 0.118. The van der Waals surface area contributed by atoms with Crippen LogP contribution in [0, 0.1) is 5.41 Å². The fourth-order valence-corrected chi connectivity index (χ4v) is 3.42. The Morgan fingerprint density at radius 3 is 2.81 bits per heavy atom. The fraction of sp³-hybridized carbons (Fsp3) is 0.692. The maximum atomic E-state index is 13.1. The number of carboxylic acids is 1. The molecule has 0 amide bonds. The van der Waals surface area contributed by atoms with E-state index in [4.69, 9.17) is 5.11 Å². The topological polar surface area (TPSA) is 53.4 Å². The molecule has 1 fully saturated rings. The first-order chi connectivity index (χ1) is 9.78. The molecule has 1 aromatic heterocycles. The van der Waals surface area contributed by atoms with Crippen LogP contribution in [0.4, 0.5) is 13.2 Å². The standard InChI is InChI=1S/C13H17F3N2O2S/c1-2-3-10-17-9(7-21-10)6-18-5-4-12(8-18,11(19)20)13(14,15)16/h7H,2-6,8H2,1H3,(H,19,20). The number of carboxylic acid groups (broad SMARTS) is 1. The predicted octanol–water partition coefficient (Wildman–Crippen LogP) is 2.93. The zero-order valence-electron chi connectivity index (χ0n) is 11.6. The highest BCUT2D eigenvalue weighted by atomic mass is 32.1. The first kappa shape index (κ1) is 16.2. The zero-order valence-corrected chi connectivity index (χ0v) is 12.4. The Morgan fingerprint density at radius 2 is 2.29 bits per heavy atom. The molecular formula is C13H17F3N2O2S. The van der Waals surface area contributed by atoms with E-state index in [1.807, 2.05) is 12.3 Å². The van der Waals surface area contributed by atoms with Gasteiger partial charge in [0.2, 0.25) is 0 Å². The summed E-state index contributed by atoms with van der Waals surface area (Å²) in [6, 6.07) is 0. The molecule has 1 atom stereocenters. The van der Waals surface area contributed by atoms with Gasteiger partial charge in [0.15, 0.2) is 5.41 Å². The van der Waals surface area contributed by atoms with Crippen LogP contribution in [-0.4, -0.2) is 40.2 Å². The first-order valence-corrected chi connectivity index (χ1v) is 7.62. The van der Waals surface area contributed by atoms with E-state index in [-0.39, 0.29) is 13.1 Å². The summed E-state index contributed by atoms with van der Waals surface area (Å²) in [5, 5.41) is 11.8. The van der Waals surface area contributed by atoms with E-state index in [0.717, 1.165) is 17.8 Å². The lowest BCUT2D eigenvalue weighted by molar-refractivity contribution is -0.227. The Labute approximate surface area is 124 Å². The SMILES string of the molecule is CCCc1nc(CN2CCC(C(=O)O)(C(F)(F)F)C2)cs1. The Kier molecular flexibility index (Phi) is 4.57. The van der Waals surface area contributed by atoms with Gasteiger partial charge in [0, 0.05) is 25.0 Å². The van der Waals surface area contributed by atoms with Crippen molar-refractivity contribution in [1.29, 1.82) is 0 Å². The normalized spacial score (nSPS) is 23.6. The molecule has 0 saturated carbocycles. The van der Waals surface area contributed by atoms with Crippen molar-refractivity contribution in [2.75, 3.05) is 13.1 Å². The van der Waals surface area contributed by atoms with E-state index in [1.165, 1.54) is 16.2 Å². The third-order valence-corrected chi connectivity index (χ3v) is 4.71. The average molecular weight is 322 g/mol. The Balaban J connectivity index is 2.05. The van der Waals surface area contributed by atoms with Gasteiger partial charge in [-0.05, 0) is 19.3 Å². The Morgan fingerprint density at radius 1 is 1.57 bits per heavy atom. The molecule has 0 spiro atoms. The number of alkyl halides is 3. The Hall–Kier alpha value is -1.15. The molecule has 2 rings (SSSR count). The highest BCUT2D eigenvalue weighted by Gasteiger charge is 2.63. The quantitative estimate of drug-likeness (QED) is 0.905. The van der Waals surface area contributed by atoms with Crippen LogP contribution in [-0.2, 0) is 17.8 Å². The summed E-state index contributed by atoms with van der Waals surface area (Å²) >= 11 is 1.49. The number of aromatic nitrogens is 1. The molecule has 118 valence electrons. The van der Waals surface area contributed by atoms with Crippen molar-refractivity contribution in [3.8, 4) is 0 Å². The van der Waals surface area contributed by atoms with Gasteiger partial charge in [-0.15, -0.1) is 11.3 Å². The molecule has 1 saturated heterocycles. The van der Waals surface area contributed by atoms with Crippen LogP contribution in [0.3, 0.4) is 0 Å². The molecule has 0 bridgehead atoms. The highest BCUT2D eigenvalue weighted by molar-refractivity contribution is 7.09. The summed E-state index contributed by atoms with van der Waals surface area (Å²) in [7, 11) is 0. The molecule has 21 heavy (non-hydrogen) atoms. The van der Waals surface area contributed by atoms with Crippen molar-refractivity contribution in [3.05, 3.63) is 16.1 Å². The molecule has 1 aliphatic heterocycles. The number of hydrogen-bond acceptors (Lipinski definition) is 4. The summed E-state index contributed by atoms with van der Waals surface area (Å²) < 4.78 is 39.2. The maximum absolute atomic E-state index is 13.1. The van der Waals surface area contributed by atoms with Crippen LogP contribution < -0.4 is 0 Å². The molecule has 1 unspecified atom stereocenters. The van der Waals surface area contributed by atoms with Gasteiger partial charge in [0.05, 0.1) is 10.7 Å². The number of likely N-dealkylation sites (tertiary alicyclic amines) is 1. The lowest BCUT2D eigenvalue weighted by Crippen LogP contribution is -2.47. The molecule has 0 aliphatic carbocycles. The predicted molar refractivity (Wildman–Crippen MR) is 72.1 cm³/mol. The number of halogens is 3. The molecule has 8 heteroatoms. The van der Waals surface area contributed by atoms with Crippen LogP contribution in [0.25, 0.3) is 0 Å². The summed E-state index contributed by atoms with van der Waals surface area (Å²) in [4.78, 5) is 17.0. The van der Waals surface area contributed by atoms with Crippen molar-refractivity contribution in [1.82, 2.24) is 9.88 Å². The summed E-state index contributed by atoms with van der Waals surface area (Å²) in [5.41, 5.74) is -1.93. The van der Waals surface area contributed by atoms with Gasteiger partial charge < -0.3 is 5.11 Å². The van der Waals surface area contributed by atoms with Gasteiger partial charge >= 0.3 is 12.1 Å². The summed E-state index contributed by atoms with van der Waals surface area (Å²) in [6.45, 7) is 1.91. The Bertz CT molecular complexity index is 518. The monoisotopic (exact) mass is 322 g/mol. The van der Waals surface area contributed by atoms with E-state index in [0.29, 0.717) is 5.69 Å². The van der Waals surface area contributed by atoms with Crippen LogP contribution in [0.15, 0.2) is 5.38 Å². The van der Waals surface area contributed by atoms with Gasteiger partial charge in [-0.2, -0.15) is 13.2 Å². The molecule has 0 radical (unpaired) electrons. The highest BCUT2D eigenvalue weighted by Crippen LogP contribution is 2.45. The number of hydrogen-bond donors (Lipinski definition) is 1. The van der Waals surface area contributed by atoms with Crippen LogP contribution >= 0.6 is 11.3 Å². The molecule has 0 aromatic carbocycles. The number of thiazole rings is 1. The van der Waals surface area contributed by atoms with E-state index < -0.39 is 30.5 Å². The first-order valence-electron chi connectivity index (χ1n) is 6.74. The van der Waals surface area contributed by atoms with Crippen molar-refractivity contribution in [2.45, 2.75) is 38.9 Å². The molecule has 4 nitrogen and oxygen atoms in total. The van der Waals surface area contributed by atoms with E-state index in [1.54, 1.807) is 0 Å². The molecular weight excluding hydrogens is 305 g/mol. The molecule has 1 aliphatic rings. The largest absolute Gasteiger partial charge is 0.481 e. The van der Waals surface area contributed by atoms with E-state index >= 15 is 0 Å². The lowest BCUT2D eigenvalue weighted by Gasteiger charge is -2.27. The van der Waals surface area contributed by atoms with E-state index in [9.17, 15) is 18.0 Å². The smallest absolute Gasteiger partial charge is 0.406 e. The maximum Gasteiger partial charge on any atom is 0.406 e. The van der Waals surface area contributed by atoms with Crippen LogP contribution in [0.2, 0.25) is 0 Å². The van der Waals surface area contributed by atoms with E-state index in [2.05, 4.69) is 4.98 Å². The minimum Gasteiger partial charge on any atom is -0.481 e. The van der Waals surface area contributed by atoms with Gasteiger partial charge in [0.1, 0.15) is 0 Å². The number of aryl methyl sites for hydroxylation is 1. The number of aliphatic carboxylic acids is 1. The van der Waals surface area contributed by atoms with Crippen molar-refractivity contribution in [3.63, 3.8) is 0 Å². The number of carbonyl (C=O) groups is 1. The van der Waals surface area contributed by atoms with Crippen molar-refractivity contribution >= 4 is 17.3 Å². The molecule has 1 N–H and O–H groups in total. The number of nitrogens with zero attached hydrogens (tertiary/aromatic N) is 2. The van der Waals surface area contributed by atoms with Crippen LogP contribution in [0.5, 0.6) is 0 Å². The fourth-order valence-electron chi connectivity index (χ4n) is 2.53.